The van der Waals surface area contributed by atoms with E-state index in [4.69, 9.17) is 5.26 Å². The van der Waals surface area contributed by atoms with Crippen LogP contribution in [0.25, 0.3) is 0 Å². The molecule has 4 nitrogen and oxygen atoms in total. The summed E-state index contributed by atoms with van der Waals surface area (Å²) in [5.41, 5.74) is 0.911. The highest BCUT2D eigenvalue weighted by atomic mass is 127. The average molecular weight is 355 g/mol. The monoisotopic (exact) mass is 355 g/mol. The maximum absolute atomic E-state index is 11.6. The van der Waals surface area contributed by atoms with Crippen LogP contribution in [-0.2, 0) is 4.79 Å². The Kier molecular flexibility index (Phi) is 6.22. The van der Waals surface area contributed by atoms with E-state index in [1.54, 1.807) is 0 Å². The van der Waals surface area contributed by atoms with E-state index < -0.39 is 0 Å². The molecule has 94 valence electrons. The summed E-state index contributed by atoms with van der Waals surface area (Å²) in [4.78, 5) is 11.6. The molecule has 0 heterocycles. The molecule has 0 spiro atoms. The van der Waals surface area contributed by atoms with E-state index in [-0.39, 0.29) is 11.5 Å². The standard InChI is InChI=1S/C13H14IN3O/c1-2-7-16-13(18)10(8-15)9-17-12-5-3-11(14)4-6-12/h3-6,9,17H,2,7H2,1H3,(H,16,18)/b10-9-. The van der Waals surface area contributed by atoms with Crippen molar-refractivity contribution in [3.05, 3.63) is 39.6 Å². The van der Waals surface area contributed by atoms with Crippen LogP contribution in [0.15, 0.2) is 36.0 Å². The van der Waals surface area contributed by atoms with Gasteiger partial charge in [0.25, 0.3) is 5.91 Å². The van der Waals surface area contributed by atoms with Crippen LogP contribution in [0.1, 0.15) is 13.3 Å². The first-order valence-corrected chi connectivity index (χ1v) is 6.65. The van der Waals surface area contributed by atoms with E-state index in [1.165, 1.54) is 6.20 Å². The lowest BCUT2D eigenvalue weighted by molar-refractivity contribution is -0.117. The summed E-state index contributed by atoms with van der Waals surface area (Å²) in [6.45, 7) is 2.53. The Labute approximate surface area is 120 Å². The number of rotatable bonds is 5. The summed E-state index contributed by atoms with van der Waals surface area (Å²) in [7, 11) is 0. The van der Waals surface area contributed by atoms with E-state index >= 15 is 0 Å². The van der Waals surface area contributed by atoms with Gasteiger partial charge in [-0.05, 0) is 53.3 Å². The normalized spacial score (nSPS) is 10.6. The van der Waals surface area contributed by atoms with Crippen LogP contribution in [0, 0.1) is 14.9 Å². The van der Waals surface area contributed by atoms with E-state index in [0.717, 1.165) is 15.7 Å². The summed E-state index contributed by atoms with van der Waals surface area (Å²) in [5, 5.41) is 14.5. The number of carbonyl (C=O) groups is 1. The molecule has 18 heavy (non-hydrogen) atoms. The third-order valence-electron chi connectivity index (χ3n) is 2.13. The van der Waals surface area contributed by atoms with Gasteiger partial charge in [0.2, 0.25) is 0 Å². The molecule has 0 saturated carbocycles. The Morgan fingerprint density at radius 2 is 2.11 bits per heavy atom. The smallest absolute Gasteiger partial charge is 0.263 e. The van der Waals surface area contributed by atoms with Crippen molar-refractivity contribution in [2.75, 3.05) is 11.9 Å². The predicted molar refractivity (Wildman–Crippen MR) is 79.8 cm³/mol. The quantitative estimate of drug-likeness (QED) is 0.485. The highest BCUT2D eigenvalue weighted by Crippen LogP contribution is 2.11. The number of carbonyl (C=O) groups excluding carboxylic acids is 1. The molecule has 0 aliphatic rings. The third-order valence-corrected chi connectivity index (χ3v) is 2.85. The van der Waals surface area contributed by atoms with Gasteiger partial charge in [-0.3, -0.25) is 4.79 Å². The van der Waals surface area contributed by atoms with Gasteiger partial charge >= 0.3 is 0 Å². The number of hydrogen-bond acceptors (Lipinski definition) is 3. The van der Waals surface area contributed by atoms with Gasteiger partial charge in [0.05, 0.1) is 0 Å². The van der Waals surface area contributed by atoms with Crippen molar-refractivity contribution in [1.29, 1.82) is 5.26 Å². The van der Waals surface area contributed by atoms with E-state index in [9.17, 15) is 4.79 Å². The number of nitrogens with zero attached hydrogens (tertiary/aromatic N) is 1. The number of amides is 1. The number of hydrogen-bond donors (Lipinski definition) is 2. The molecule has 1 aromatic carbocycles. The molecule has 1 rings (SSSR count). The zero-order chi connectivity index (χ0) is 13.4. The Balaban J connectivity index is 2.66. The molecule has 0 saturated heterocycles. The lowest BCUT2D eigenvalue weighted by Gasteiger charge is -2.03. The number of nitriles is 1. The Morgan fingerprint density at radius 3 is 2.67 bits per heavy atom. The highest BCUT2D eigenvalue weighted by Gasteiger charge is 2.06. The first-order valence-electron chi connectivity index (χ1n) is 5.58. The van der Waals surface area contributed by atoms with Crippen molar-refractivity contribution >= 4 is 34.2 Å². The van der Waals surface area contributed by atoms with Crippen LogP contribution in [0.5, 0.6) is 0 Å². The second-order valence-electron chi connectivity index (χ2n) is 3.58. The molecule has 0 unspecified atom stereocenters. The fourth-order valence-electron chi connectivity index (χ4n) is 1.18. The zero-order valence-electron chi connectivity index (χ0n) is 10.0. The average Bonchev–Trinajstić information content (AvgIpc) is 2.39. The molecule has 5 heteroatoms. The molecule has 0 aromatic heterocycles. The first kappa shape index (κ1) is 14.5. The van der Waals surface area contributed by atoms with Gasteiger partial charge in [-0.2, -0.15) is 5.26 Å². The maximum Gasteiger partial charge on any atom is 0.263 e. The number of anilines is 1. The topological polar surface area (TPSA) is 64.9 Å². The van der Waals surface area contributed by atoms with Gasteiger partial charge in [-0.1, -0.05) is 6.92 Å². The summed E-state index contributed by atoms with van der Waals surface area (Å²) in [5.74, 6) is -0.350. The van der Waals surface area contributed by atoms with Gasteiger partial charge in [0.1, 0.15) is 11.6 Å². The summed E-state index contributed by atoms with van der Waals surface area (Å²) >= 11 is 2.21. The third kappa shape index (κ3) is 4.75. The van der Waals surface area contributed by atoms with Crippen LogP contribution in [0.4, 0.5) is 5.69 Å². The molecular formula is C13H14IN3O. The second-order valence-corrected chi connectivity index (χ2v) is 4.82. The van der Waals surface area contributed by atoms with Gasteiger partial charge in [0, 0.05) is 22.0 Å². The van der Waals surface area contributed by atoms with Crippen molar-refractivity contribution in [3.8, 4) is 6.07 Å². The molecule has 0 atom stereocenters. The van der Waals surface area contributed by atoms with Crippen molar-refractivity contribution in [2.24, 2.45) is 0 Å². The second kappa shape index (κ2) is 7.71. The fraction of sp³-hybridized carbons (Fsp3) is 0.231. The summed E-state index contributed by atoms with van der Waals surface area (Å²) < 4.78 is 1.13. The predicted octanol–water partition coefficient (Wildman–Crippen LogP) is 2.64. The van der Waals surface area contributed by atoms with Gasteiger partial charge < -0.3 is 10.6 Å². The summed E-state index contributed by atoms with van der Waals surface area (Å²) in [6.07, 6.45) is 2.27. The molecule has 2 N–H and O–H groups in total. The Morgan fingerprint density at radius 1 is 1.44 bits per heavy atom. The molecule has 0 bridgehead atoms. The summed E-state index contributed by atoms with van der Waals surface area (Å²) in [6, 6.07) is 9.54. The van der Waals surface area contributed by atoms with Gasteiger partial charge in [-0.15, -0.1) is 0 Å². The largest absolute Gasteiger partial charge is 0.360 e. The van der Waals surface area contributed by atoms with Crippen LogP contribution in [-0.4, -0.2) is 12.5 Å². The van der Waals surface area contributed by atoms with Crippen LogP contribution >= 0.6 is 22.6 Å². The lowest BCUT2D eigenvalue weighted by Crippen LogP contribution is -2.25. The Bertz CT molecular complexity index is 474. The zero-order valence-corrected chi connectivity index (χ0v) is 12.2. The van der Waals surface area contributed by atoms with Crippen molar-refractivity contribution in [3.63, 3.8) is 0 Å². The van der Waals surface area contributed by atoms with Gasteiger partial charge in [0.15, 0.2) is 0 Å². The maximum atomic E-state index is 11.6. The minimum Gasteiger partial charge on any atom is -0.360 e. The number of halogens is 1. The molecule has 0 aliphatic carbocycles. The molecular weight excluding hydrogens is 341 g/mol. The van der Waals surface area contributed by atoms with Crippen molar-refractivity contribution in [2.45, 2.75) is 13.3 Å². The van der Waals surface area contributed by atoms with Gasteiger partial charge in [-0.25, -0.2) is 0 Å². The van der Waals surface area contributed by atoms with Crippen LogP contribution in [0.3, 0.4) is 0 Å². The highest BCUT2D eigenvalue weighted by molar-refractivity contribution is 14.1. The fourth-order valence-corrected chi connectivity index (χ4v) is 1.54. The molecule has 1 aromatic rings. The first-order chi connectivity index (χ1) is 8.67. The van der Waals surface area contributed by atoms with E-state index in [1.807, 2.05) is 37.3 Å². The van der Waals surface area contributed by atoms with Crippen LogP contribution < -0.4 is 10.6 Å². The molecule has 0 radical (unpaired) electrons. The molecule has 1 amide bonds. The van der Waals surface area contributed by atoms with Crippen molar-refractivity contribution < 1.29 is 4.79 Å². The molecule has 0 aliphatic heterocycles. The van der Waals surface area contributed by atoms with Crippen molar-refractivity contribution in [1.82, 2.24) is 5.32 Å². The minimum atomic E-state index is -0.350. The Hall–Kier alpha value is -1.55. The SMILES string of the molecule is CCCNC(=O)/C(C#N)=C\Nc1ccc(I)cc1. The molecule has 0 fully saturated rings. The van der Waals surface area contributed by atoms with Crippen LogP contribution in [0.2, 0.25) is 0 Å². The van der Waals surface area contributed by atoms with E-state index in [2.05, 4.69) is 33.2 Å². The number of benzene rings is 1. The lowest BCUT2D eigenvalue weighted by atomic mass is 10.2. The number of nitrogens with one attached hydrogen (secondary N) is 2. The minimum absolute atomic E-state index is 0.0713. The van der Waals surface area contributed by atoms with E-state index in [0.29, 0.717) is 6.54 Å².